The lowest BCUT2D eigenvalue weighted by Gasteiger charge is -2.46. The summed E-state index contributed by atoms with van der Waals surface area (Å²) in [7, 11) is 2.27. The molecule has 2 heterocycles. The van der Waals surface area contributed by atoms with Gasteiger partial charge in [-0.2, -0.15) is 0 Å². The fourth-order valence-corrected chi connectivity index (χ4v) is 4.95. The van der Waals surface area contributed by atoms with Gasteiger partial charge in [0.15, 0.2) is 0 Å². The van der Waals surface area contributed by atoms with E-state index < -0.39 is 0 Å². The van der Waals surface area contributed by atoms with Crippen molar-refractivity contribution in [2.45, 2.75) is 70.1 Å². The Balaban J connectivity index is 0.00000164. The maximum atomic E-state index is 2.67. The summed E-state index contributed by atoms with van der Waals surface area (Å²) in [4.78, 5) is 6.58. The molecule has 1 spiro atoms. The summed E-state index contributed by atoms with van der Waals surface area (Å²) in [5.74, 6) is 0. The zero-order chi connectivity index (χ0) is 18.3. The third-order valence-electron chi connectivity index (χ3n) is 5.64. The van der Waals surface area contributed by atoms with E-state index in [0.29, 0.717) is 10.7 Å². The summed E-state index contributed by atoms with van der Waals surface area (Å²) in [5.41, 5.74) is 2.15. The zero-order valence-electron chi connectivity index (χ0n) is 18.1. The first-order valence-electron chi connectivity index (χ1n) is 10.2. The van der Waals surface area contributed by atoms with Crippen LogP contribution in [0.1, 0.15) is 58.9 Å². The van der Waals surface area contributed by atoms with Gasteiger partial charge in [0.25, 0.3) is 0 Å². The minimum absolute atomic E-state index is 0. The van der Waals surface area contributed by atoms with Crippen molar-refractivity contribution in [3.8, 4) is 0 Å². The third kappa shape index (κ3) is 8.12. The number of benzene rings is 1. The minimum atomic E-state index is 0. The van der Waals surface area contributed by atoms with Crippen LogP contribution < -0.4 is 0 Å². The van der Waals surface area contributed by atoms with Crippen LogP contribution in [0.15, 0.2) is 29.2 Å². The van der Waals surface area contributed by atoms with Crippen molar-refractivity contribution >= 4 is 11.8 Å². The van der Waals surface area contributed by atoms with Gasteiger partial charge < -0.3 is 15.9 Å². The predicted octanol–water partition coefficient (Wildman–Crippen LogP) is 3.87. The SMILES string of the molecule is CC.CC(C)Sc1cccc(CN2CCC3(CCN(C)CC3)CC2)c1.O.O. The van der Waals surface area contributed by atoms with Crippen LogP contribution in [-0.4, -0.2) is 59.2 Å². The highest BCUT2D eigenvalue weighted by Crippen LogP contribution is 2.41. The molecule has 2 aliphatic heterocycles. The molecule has 158 valence electrons. The number of rotatable bonds is 4. The van der Waals surface area contributed by atoms with Gasteiger partial charge in [-0.1, -0.05) is 39.8 Å². The standard InChI is InChI=1S/C20H32N2S.C2H6.2H2O/c1-17(2)23-19-6-4-5-18(15-19)16-22-13-9-20(10-14-22)7-11-21(3)12-8-20;1-2;;/h4-6,15,17H,7-14,16H2,1-3H3;1-2H3;2*1H2. The monoisotopic (exact) mass is 398 g/mol. The number of hydrogen-bond donors (Lipinski definition) is 0. The topological polar surface area (TPSA) is 69.5 Å². The molecular weight excluding hydrogens is 356 g/mol. The first-order chi connectivity index (χ1) is 12.0. The molecule has 5 heteroatoms. The number of piperidine rings is 2. The smallest absolute Gasteiger partial charge is 0.0234 e. The molecular formula is C22H42N2O2S. The molecule has 2 aliphatic rings. The second kappa shape index (κ2) is 12.8. The lowest BCUT2D eigenvalue weighted by Crippen LogP contribution is -2.45. The number of likely N-dealkylation sites (tertiary alicyclic amines) is 2. The zero-order valence-corrected chi connectivity index (χ0v) is 18.9. The highest BCUT2D eigenvalue weighted by molar-refractivity contribution is 7.99. The van der Waals surface area contributed by atoms with E-state index in [0.717, 1.165) is 6.54 Å². The molecule has 0 bridgehead atoms. The van der Waals surface area contributed by atoms with Crippen molar-refractivity contribution in [3.05, 3.63) is 29.8 Å². The molecule has 0 aliphatic carbocycles. The Bertz CT molecular complexity index is 507. The van der Waals surface area contributed by atoms with Gasteiger partial charge >= 0.3 is 0 Å². The van der Waals surface area contributed by atoms with Gasteiger partial charge in [0.2, 0.25) is 0 Å². The van der Waals surface area contributed by atoms with Crippen LogP contribution in [0, 0.1) is 5.41 Å². The molecule has 3 rings (SSSR count). The normalized spacial score (nSPS) is 19.6. The largest absolute Gasteiger partial charge is 0.412 e. The summed E-state index contributed by atoms with van der Waals surface area (Å²) >= 11 is 1.97. The van der Waals surface area contributed by atoms with Crippen molar-refractivity contribution in [1.29, 1.82) is 0 Å². The molecule has 2 fully saturated rings. The summed E-state index contributed by atoms with van der Waals surface area (Å²) in [5, 5.41) is 0.657. The van der Waals surface area contributed by atoms with E-state index in [1.165, 1.54) is 62.3 Å². The molecule has 4 N–H and O–H groups in total. The highest BCUT2D eigenvalue weighted by Gasteiger charge is 2.36. The molecule has 0 radical (unpaired) electrons. The van der Waals surface area contributed by atoms with E-state index in [1.807, 2.05) is 25.6 Å². The quantitative estimate of drug-likeness (QED) is 0.723. The Morgan fingerprint density at radius 3 is 2.07 bits per heavy atom. The number of hydrogen-bond acceptors (Lipinski definition) is 3. The molecule has 27 heavy (non-hydrogen) atoms. The maximum Gasteiger partial charge on any atom is 0.0234 e. The molecule has 0 amide bonds. The summed E-state index contributed by atoms with van der Waals surface area (Å²) in [6.07, 6.45) is 5.64. The predicted molar refractivity (Wildman–Crippen MR) is 120 cm³/mol. The van der Waals surface area contributed by atoms with Crippen LogP contribution in [0.4, 0.5) is 0 Å². The molecule has 1 aromatic rings. The molecule has 0 atom stereocenters. The van der Waals surface area contributed by atoms with E-state index in [4.69, 9.17) is 0 Å². The van der Waals surface area contributed by atoms with Crippen LogP contribution in [0.2, 0.25) is 0 Å². The van der Waals surface area contributed by atoms with E-state index in [1.54, 1.807) is 0 Å². The first kappa shape index (κ1) is 26.4. The molecule has 1 aromatic carbocycles. The maximum absolute atomic E-state index is 2.67. The van der Waals surface area contributed by atoms with E-state index in [-0.39, 0.29) is 11.0 Å². The molecule has 2 saturated heterocycles. The van der Waals surface area contributed by atoms with Crippen molar-refractivity contribution in [1.82, 2.24) is 9.80 Å². The average molecular weight is 399 g/mol. The second-order valence-corrected chi connectivity index (χ2v) is 9.54. The van der Waals surface area contributed by atoms with Crippen molar-refractivity contribution in [2.24, 2.45) is 5.41 Å². The second-order valence-electron chi connectivity index (χ2n) is 7.89. The van der Waals surface area contributed by atoms with Gasteiger partial charge in [0, 0.05) is 16.7 Å². The third-order valence-corrected chi connectivity index (χ3v) is 6.64. The Morgan fingerprint density at radius 2 is 1.52 bits per heavy atom. The lowest BCUT2D eigenvalue weighted by atomic mass is 9.71. The average Bonchev–Trinajstić information content (AvgIpc) is 2.61. The van der Waals surface area contributed by atoms with E-state index in [9.17, 15) is 0 Å². The molecule has 0 aromatic heterocycles. The van der Waals surface area contributed by atoms with Crippen LogP contribution in [0.3, 0.4) is 0 Å². The molecule has 0 unspecified atom stereocenters. The van der Waals surface area contributed by atoms with Gasteiger partial charge in [0.05, 0.1) is 0 Å². The van der Waals surface area contributed by atoms with Gasteiger partial charge in [-0.05, 0) is 82.0 Å². The van der Waals surface area contributed by atoms with E-state index in [2.05, 4.69) is 55.0 Å². The van der Waals surface area contributed by atoms with E-state index >= 15 is 0 Å². The Kier molecular flexibility index (Phi) is 12.5. The van der Waals surface area contributed by atoms with Crippen LogP contribution in [0.25, 0.3) is 0 Å². The summed E-state index contributed by atoms with van der Waals surface area (Å²) in [6, 6.07) is 9.16. The van der Waals surface area contributed by atoms with Crippen LogP contribution in [-0.2, 0) is 6.54 Å². The van der Waals surface area contributed by atoms with Gasteiger partial charge in [-0.15, -0.1) is 11.8 Å². The van der Waals surface area contributed by atoms with Crippen molar-refractivity contribution in [2.75, 3.05) is 33.2 Å². The Labute approximate surface area is 171 Å². The Morgan fingerprint density at radius 1 is 0.963 bits per heavy atom. The van der Waals surface area contributed by atoms with Gasteiger partial charge in [0.1, 0.15) is 0 Å². The Hall–Kier alpha value is -0.590. The van der Waals surface area contributed by atoms with Gasteiger partial charge in [-0.3, -0.25) is 4.90 Å². The summed E-state index contributed by atoms with van der Waals surface area (Å²) < 4.78 is 0. The fraction of sp³-hybridized carbons (Fsp3) is 0.727. The minimum Gasteiger partial charge on any atom is -0.412 e. The van der Waals surface area contributed by atoms with Crippen LogP contribution in [0.5, 0.6) is 0 Å². The number of nitrogens with zero attached hydrogens (tertiary/aromatic N) is 2. The number of thioether (sulfide) groups is 1. The van der Waals surface area contributed by atoms with Crippen molar-refractivity contribution < 1.29 is 11.0 Å². The fourth-order valence-electron chi connectivity index (χ4n) is 4.03. The van der Waals surface area contributed by atoms with Crippen molar-refractivity contribution in [3.63, 3.8) is 0 Å². The van der Waals surface area contributed by atoms with Gasteiger partial charge in [-0.25, -0.2) is 0 Å². The molecule has 4 nitrogen and oxygen atoms in total. The molecule has 0 saturated carbocycles. The lowest BCUT2D eigenvalue weighted by molar-refractivity contribution is 0.0400. The van der Waals surface area contributed by atoms with Crippen LogP contribution >= 0.6 is 11.8 Å². The summed E-state index contributed by atoms with van der Waals surface area (Å²) in [6.45, 7) is 14.8. The first-order valence-corrected chi connectivity index (χ1v) is 11.1. The highest BCUT2D eigenvalue weighted by atomic mass is 32.2.